The zero-order valence-electron chi connectivity index (χ0n) is 21.3. The first-order valence-corrected chi connectivity index (χ1v) is 12.5. The molecule has 4 heteroatoms. The lowest BCUT2D eigenvalue weighted by molar-refractivity contribution is -0.149. The predicted octanol–water partition coefficient (Wildman–Crippen LogP) is 7.54. The Morgan fingerprint density at radius 3 is 2.11 bits per heavy atom. The second kappa shape index (κ2) is 12.7. The minimum atomic E-state index is -0.950. The SMILES string of the molecule is CCO[C@@H](Cc1ccc(OCC=C(C)c2ccc(-c3ccccc3)cc2-c2ccccc2)cc1)C(=O)O. The Hall–Kier alpha value is -4.15. The van der Waals surface area contributed by atoms with E-state index in [1.165, 1.54) is 27.8 Å². The highest BCUT2D eigenvalue weighted by molar-refractivity contribution is 5.84. The topological polar surface area (TPSA) is 55.8 Å². The molecule has 0 aliphatic carbocycles. The van der Waals surface area contributed by atoms with Crippen molar-refractivity contribution in [2.75, 3.05) is 13.2 Å². The van der Waals surface area contributed by atoms with E-state index in [1.54, 1.807) is 6.92 Å². The van der Waals surface area contributed by atoms with Gasteiger partial charge in [-0.3, -0.25) is 0 Å². The fourth-order valence-corrected chi connectivity index (χ4v) is 4.28. The summed E-state index contributed by atoms with van der Waals surface area (Å²) >= 11 is 0. The maximum absolute atomic E-state index is 11.3. The van der Waals surface area contributed by atoms with Crippen LogP contribution in [0.4, 0.5) is 0 Å². The van der Waals surface area contributed by atoms with Crippen molar-refractivity contribution in [3.63, 3.8) is 0 Å². The molecule has 4 nitrogen and oxygen atoms in total. The van der Waals surface area contributed by atoms with Crippen LogP contribution in [-0.2, 0) is 16.0 Å². The molecule has 0 saturated carbocycles. The van der Waals surface area contributed by atoms with Gasteiger partial charge in [0, 0.05) is 13.0 Å². The number of hydrogen-bond acceptors (Lipinski definition) is 3. The Morgan fingerprint density at radius 1 is 0.838 bits per heavy atom. The van der Waals surface area contributed by atoms with E-state index in [9.17, 15) is 9.90 Å². The van der Waals surface area contributed by atoms with Gasteiger partial charge in [0.15, 0.2) is 6.10 Å². The molecule has 37 heavy (non-hydrogen) atoms. The summed E-state index contributed by atoms with van der Waals surface area (Å²) in [6.45, 7) is 4.69. The zero-order chi connectivity index (χ0) is 26.0. The summed E-state index contributed by atoms with van der Waals surface area (Å²) in [6, 6.07) is 35.0. The monoisotopic (exact) mass is 492 g/mol. The molecule has 0 unspecified atom stereocenters. The quantitative estimate of drug-likeness (QED) is 0.235. The van der Waals surface area contributed by atoms with Crippen molar-refractivity contribution in [2.45, 2.75) is 26.4 Å². The third-order valence-corrected chi connectivity index (χ3v) is 6.26. The Morgan fingerprint density at radius 2 is 1.49 bits per heavy atom. The van der Waals surface area contributed by atoms with Gasteiger partial charge in [0.25, 0.3) is 0 Å². The van der Waals surface area contributed by atoms with Crippen molar-refractivity contribution in [3.8, 4) is 28.0 Å². The fraction of sp³-hybridized carbons (Fsp3) is 0.182. The van der Waals surface area contributed by atoms with Crippen LogP contribution in [0.25, 0.3) is 27.8 Å². The standard InChI is InChI=1S/C33H32O4/c1-3-36-32(33(34)35)22-25-14-17-29(18-15-25)37-21-20-24(2)30-19-16-28(26-10-6-4-7-11-26)23-31(30)27-12-8-5-9-13-27/h4-20,23,32H,3,21-22H2,1-2H3,(H,34,35)/t32-/m0/s1. The Bertz CT molecular complexity index is 1330. The lowest BCUT2D eigenvalue weighted by Gasteiger charge is -2.14. The van der Waals surface area contributed by atoms with Gasteiger partial charge in [-0.25, -0.2) is 4.79 Å². The first kappa shape index (κ1) is 25.9. The second-order valence-corrected chi connectivity index (χ2v) is 8.82. The van der Waals surface area contributed by atoms with Gasteiger partial charge < -0.3 is 14.6 Å². The second-order valence-electron chi connectivity index (χ2n) is 8.82. The zero-order valence-corrected chi connectivity index (χ0v) is 21.3. The summed E-state index contributed by atoms with van der Waals surface area (Å²) in [4.78, 5) is 11.3. The van der Waals surface area contributed by atoms with E-state index in [-0.39, 0.29) is 0 Å². The highest BCUT2D eigenvalue weighted by atomic mass is 16.5. The molecule has 0 aliphatic heterocycles. The lowest BCUT2D eigenvalue weighted by atomic mass is 9.91. The molecular formula is C33H32O4. The van der Waals surface area contributed by atoms with Crippen LogP contribution in [0.2, 0.25) is 0 Å². The molecule has 0 fully saturated rings. The molecule has 0 aromatic heterocycles. The largest absolute Gasteiger partial charge is 0.490 e. The molecule has 1 atom stereocenters. The average molecular weight is 493 g/mol. The predicted molar refractivity (Wildman–Crippen MR) is 150 cm³/mol. The number of hydrogen-bond donors (Lipinski definition) is 1. The molecular weight excluding hydrogens is 460 g/mol. The van der Waals surface area contributed by atoms with Crippen molar-refractivity contribution in [1.29, 1.82) is 0 Å². The van der Waals surface area contributed by atoms with Crippen molar-refractivity contribution in [2.24, 2.45) is 0 Å². The molecule has 4 aromatic carbocycles. The highest BCUT2D eigenvalue weighted by Crippen LogP contribution is 2.33. The third-order valence-electron chi connectivity index (χ3n) is 6.26. The van der Waals surface area contributed by atoms with Gasteiger partial charge in [-0.05, 0) is 77.1 Å². The molecule has 0 saturated heterocycles. The molecule has 188 valence electrons. The summed E-state index contributed by atoms with van der Waals surface area (Å²) in [5.74, 6) is -0.215. The fourth-order valence-electron chi connectivity index (χ4n) is 4.28. The first-order chi connectivity index (χ1) is 18.0. The maximum atomic E-state index is 11.3. The van der Waals surface area contributed by atoms with Crippen LogP contribution in [0.5, 0.6) is 5.75 Å². The molecule has 0 radical (unpaired) electrons. The molecule has 4 aromatic rings. The van der Waals surface area contributed by atoms with Gasteiger partial charge in [0.1, 0.15) is 12.4 Å². The van der Waals surface area contributed by atoms with Crippen LogP contribution in [0, 0.1) is 0 Å². The van der Waals surface area contributed by atoms with Crippen LogP contribution < -0.4 is 4.74 Å². The Kier molecular flexibility index (Phi) is 8.90. The van der Waals surface area contributed by atoms with E-state index in [0.717, 1.165) is 16.9 Å². The smallest absolute Gasteiger partial charge is 0.333 e. The number of aliphatic carboxylic acids is 1. The number of allylic oxidation sites excluding steroid dienone is 1. The van der Waals surface area contributed by atoms with Crippen LogP contribution in [0.3, 0.4) is 0 Å². The van der Waals surface area contributed by atoms with Crippen molar-refractivity contribution < 1.29 is 19.4 Å². The number of carboxylic acid groups (broad SMARTS) is 1. The van der Waals surface area contributed by atoms with Gasteiger partial charge in [-0.15, -0.1) is 0 Å². The van der Waals surface area contributed by atoms with Gasteiger partial charge in [0.2, 0.25) is 0 Å². The minimum Gasteiger partial charge on any atom is -0.490 e. The number of carboxylic acids is 1. The number of rotatable bonds is 11. The van der Waals surface area contributed by atoms with Crippen LogP contribution in [0.1, 0.15) is 25.0 Å². The normalized spacial score (nSPS) is 12.2. The summed E-state index contributed by atoms with van der Waals surface area (Å²) in [5.41, 5.74) is 7.92. The van der Waals surface area contributed by atoms with E-state index in [2.05, 4.69) is 79.7 Å². The number of benzene rings is 4. The number of carbonyl (C=O) groups is 1. The van der Waals surface area contributed by atoms with E-state index < -0.39 is 12.1 Å². The summed E-state index contributed by atoms with van der Waals surface area (Å²) in [7, 11) is 0. The molecule has 1 N–H and O–H groups in total. The molecule has 0 spiro atoms. The van der Waals surface area contributed by atoms with E-state index in [0.29, 0.717) is 19.6 Å². The third kappa shape index (κ3) is 6.96. The highest BCUT2D eigenvalue weighted by Gasteiger charge is 2.17. The summed E-state index contributed by atoms with van der Waals surface area (Å²) < 4.78 is 11.3. The van der Waals surface area contributed by atoms with Crippen LogP contribution in [-0.4, -0.2) is 30.4 Å². The Balaban J connectivity index is 1.49. The molecule has 4 rings (SSSR count). The summed E-state index contributed by atoms with van der Waals surface area (Å²) in [6.07, 6.45) is 1.58. The Labute approximate surface area is 218 Å². The van der Waals surface area contributed by atoms with Crippen LogP contribution in [0.15, 0.2) is 109 Å². The molecule has 0 bridgehead atoms. The van der Waals surface area contributed by atoms with Gasteiger partial charge in [-0.1, -0.05) is 84.9 Å². The molecule has 0 heterocycles. The minimum absolute atomic E-state index is 0.323. The van der Waals surface area contributed by atoms with Crippen molar-refractivity contribution in [1.82, 2.24) is 0 Å². The summed E-state index contributed by atoms with van der Waals surface area (Å²) in [5, 5.41) is 9.29. The average Bonchev–Trinajstić information content (AvgIpc) is 2.94. The maximum Gasteiger partial charge on any atom is 0.333 e. The van der Waals surface area contributed by atoms with Crippen LogP contribution >= 0.6 is 0 Å². The molecule has 0 amide bonds. The lowest BCUT2D eigenvalue weighted by Crippen LogP contribution is -2.26. The van der Waals surface area contributed by atoms with E-state index >= 15 is 0 Å². The first-order valence-electron chi connectivity index (χ1n) is 12.5. The van der Waals surface area contributed by atoms with Crippen molar-refractivity contribution >= 4 is 11.5 Å². The van der Waals surface area contributed by atoms with Crippen molar-refractivity contribution in [3.05, 3.63) is 120 Å². The number of ether oxygens (including phenoxy) is 2. The van der Waals surface area contributed by atoms with E-state index in [1.807, 2.05) is 36.4 Å². The molecule has 0 aliphatic rings. The van der Waals surface area contributed by atoms with E-state index in [4.69, 9.17) is 9.47 Å². The van der Waals surface area contributed by atoms with Gasteiger partial charge >= 0.3 is 5.97 Å². The van der Waals surface area contributed by atoms with Gasteiger partial charge in [0.05, 0.1) is 0 Å². The van der Waals surface area contributed by atoms with Gasteiger partial charge in [-0.2, -0.15) is 0 Å².